The lowest BCUT2D eigenvalue weighted by Gasteiger charge is -2.24. The van der Waals surface area contributed by atoms with Gasteiger partial charge in [-0.15, -0.1) is 5.10 Å². The second kappa shape index (κ2) is 5.39. The first kappa shape index (κ1) is 14.5. The molecular formula is C16H21N3OS. The number of aryl methyl sites for hydroxylation is 1. The molecule has 5 heteroatoms. The highest BCUT2D eigenvalue weighted by Gasteiger charge is 2.28. The van der Waals surface area contributed by atoms with Crippen LogP contribution in [0.25, 0.3) is 0 Å². The van der Waals surface area contributed by atoms with E-state index in [-0.39, 0.29) is 11.5 Å². The normalized spacial score (nSPS) is 16.2. The standard InChI is InChI=1S/C16H21N3OS/c1-16(2,3)15-14(21-19-18-15)12(17)11-8-4-6-10-7-5-9-20-13(10)11/h4,6,8,12H,5,7,9,17H2,1-3H3. The van der Waals surface area contributed by atoms with E-state index in [2.05, 4.69) is 48.6 Å². The Hall–Kier alpha value is -1.46. The summed E-state index contributed by atoms with van der Waals surface area (Å²) < 4.78 is 10.0. The van der Waals surface area contributed by atoms with Gasteiger partial charge >= 0.3 is 0 Å². The molecular weight excluding hydrogens is 282 g/mol. The van der Waals surface area contributed by atoms with Crippen LogP contribution in [0.1, 0.15) is 54.9 Å². The number of rotatable bonds is 2. The van der Waals surface area contributed by atoms with Crippen molar-refractivity contribution in [1.29, 1.82) is 0 Å². The second-order valence-corrected chi connectivity index (χ2v) is 7.29. The third-order valence-electron chi connectivity index (χ3n) is 3.81. The summed E-state index contributed by atoms with van der Waals surface area (Å²) in [7, 11) is 0. The minimum absolute atomic E-state index is 0.0599. The number of benzene rings is 1. The quantitative estimate of drug-likeness (QED) is 0.925. The summed E-state index contributed by atoms with van der Waals surface area (Å²) in [4.78, 5) is 1.03. The van der Waals surface area contributed by atoms with Gasteiger partial charge in [0.05, 0.1) is 23.2 Å². The first-order chi connectivity index (χ1) is 9.98. The van der Waals surface area contributed by atoms with Crippen LogP contribution in [0.2, 0.25) is 0 Å². The van der Waals surface area contributed by atoms with Gasteiger partial charge in [0.15, 0.2) is 0 Å². The molecule has 0 fully saturated rings. The molecule has 0 aliphatic carbocycles. The van der Waals surface area contributed by atoms with Crippen molar-refractivity contribution in [2.75, 3.05) is 6.61 Å². The van der Waals surface area contributed by atoms with Crippen LogP contribution in [-0.2, 0) is 11.8 Å². The lowest BCUT2D eigenvalue weighted by atomic mass is 9.88. The molecule has 0 amide bonds. The SMILES string of the molecule is CC(C)(C)c1nnsc1C(N)c1cccc2c1OCCC2. The van der Waals surface area contributed by atoms with E-state index < -0.39 is 0 Å². The number of para-hydroxylation sites is 1. The van der Waals surface area contributed by atoms with E-state index in [1.165, 1.54) is 17.1 Å². The van der Waals surface area contributed by atoms with Crippen molar-refractivity contribution < 1.29 is 4.74 Å². The first-order valence-corrected chi connectivity index (χ1v) is 8.08. The Morgan fingerprint density at radius 1 is 1.33 bits per heavy atom. The van der Waals surface area contributed by atoms with E-state index in [9.17, 15) is 0 Å². The molecule has 1 aliphatic heterocycles. The molecule has 0 bridgehead atoms. The van der Waals surface area contributed by atoms with Gasteiger partial charge in [-0.3, -0.25) is 0 Å². The molecule has 112 valence electrons. The Morgan fingerprint density at radius 3 is 2.90 bits per heavy atom. The minimum Gasteiger partial charge on any atom is -0.493 e. The molecule has 0 radical (unpaired) electrons. The number of hydrogen-bond acceptors (Lipinski definition) is 5. The Balaban J connectivity index is 2.04. The van der Waals surface area contributed by atoms with Crippen LogP contribution in [0.3, 0.4) is 0 Å². The highest BCUT2D eigenvalue weighted by atomic mass is 32.1. The van der Waals surface area contributed by atoms with Gasteiger partial charge < -0.3 is 10.5 Å². The third kappa shape index (κ3) is 2.68. The molecule has 1 aromatic heterocycles. The van der Waals surface area contributed by atoms with Crippen LogP contribution in [0.5, 0.6) is 5.75 Å². The maximum absolute atomic E-state index is 6.53. The molecule has 21 heavy (non-hydrogen) atoms. The predicted molar refractivity (Wildman–Crippen MR) is 84.9 cm³/mol. The molecule has 4 nitrogen and oxygen atoms in total. The largest absolute Gasteiger partial charge is 0.493 e. The molecule has 0 saturated carbocycles. The number of fused-ring (bicyclic) bond motifs is 1. The Labute approximate surface area is 129 Å². The first-order valence-electron chi connectivity index (χ1n) is 7.31. The van der Waals surface area contributed by atoms with E-state index in [0.29, 0.717) is 0 Å². The zero-order valence-corrected chi connectivity index (χ0v) is 13.5. The van der Waals surface area contributed by atoms with Gasteiger partial charge in [0.2, 0.25) is 0 Å². The van der Waals surface area contributed by atoms with Gasteiger partial charge in [0.1, 0.15) is 5.75 Å². The van der Waals surface area contributed by atoms with Crippen LogP contribution >= 0.6 is 11.5 Å². The average Bonchev–Trinajstić information content (AvgIpc) is 2.95. The van der Waals surface area contributed by atoms with E-state index in [4.69, 9.17) is 10.5 Å². The van der Waals surface area contributed by atoms with Gasteiger partial charge in [-0.25, -0.2) is 0 Å². The molecule has 1 unspecified atom stereocenters. The van der Waals surface area contributed by atoms with Gasteiger partial charge in [-0.2, -0.15) is 0 Å². The predicted octanol–water partition coefficient (Wildman–Crippen LogP) is 3.21. The molecule has 2 heterocycles. The Morgan fingerprint density at radius 2 is 2.14 bits per heavy atom. The van der Waals surface area contributed by atoms with Gasteiger partial charge in [-0.05, 0) is 29.9 Å². The monoisotopic (exact) mass is 303 g/mol. The van der Waals surface area contributed by atoms with Crippen LogP contribution in [0, 0.1) is 0 Å². The smallest absolute Gasteiger partial charge is 0.127 e. The molecule has 1 aromatic carbocycles. The highest BCUT2D eigenvalue weighted by Crippen LogP contribution is 2.38. The van der Waals surface area contributed by atoms with E-state index in [0.717, 1.165) is 41.3 Å². The van der Waals surface area contributed by atoms with Crippen molar-refractivity contribution in [2.24, 2.45) is 5.73 Å². The van der Waals surface area contributed by atoms with Crippen molar-refractivity contribution in [3.63, 3.8) is 0 Å². The van der Waals surface area contributed by atoms with Crippen molar-refractivity contribution in [3.05, 3.63) is 39.9 Å². The average molecular weight is 303 g/mol. The topological polar surface area (TPSA) is 61.0 Å². The lowest BCUT2D eigenvalue weighted by molar-refractivity contribution is 0.284. The van der Waals surface area contributed by atoms with Crippen molar-refractivity contribution >= 4 is 11.5 Å². The zero-order chi connectivity index (χ0) is 15.0. The zero-order valence-electron chi connectivity index (χ0n) is 12.7. The van der Waals surface area contributed by atoms with Crippen LogP contribution in [0.4, 0.5) is 0 Å². The molecule has 0 spiro atoms. The minimum atomic E-state index is -0.229. The van der Waals surface area contributed by atoms with Crippen molar-refractivity contribution in [2.45, 2.75) is 45.1 Å². The Bertz CT molecular complexity index is 645. The van der Waals surface area contributed by atoms with E-state index in [1.54, 1.807) is 0 Å². The highest BCUT2D eigenvalue weighted by molar-refractivity contribution is 7.05. The van der Waals surface area contributed by atoms with Crippen LogP contribution < -0.4 is 10.5 Å². The fourth-order valence-corrected chi connectivity index (χ4v) is 3.61. The summed E-state index contributed by atoms with van der Waals surface area (Å²) in [6.07, 6.45) is 2.13. The molecule has 1 atom stereocenters. The molecule has 3 rings (SSSR count). The number of nitrogens with two attached hydrogens (primary N) is 1. The molecule has 2 N–H and O–H groups in total. The maximum atomic E-state index is 6.53. The third-order valence-corrected chi connectivity index (χ3v) is 4.61. The fraction of sp³-hybridized carbons (Fsp3) is 0.500. The van der Waals surface area contributed by atoms with Gasteiger partial charge in [0, 0.05) is 11.0 Å². The Kier molecular flexibility index (Phi) is 3.71. The lowest BCUT2D eigenvalue weighted by Crippen LogP contribution is -2.21. The van der Waals surface area contributed by atoms with E-state index >= 15 is 0 Å². The number of ether oxygens (including phenoxy) is 1. The van der Waals surface area contributed by atoms with Crippen LogP contribution in [0.15, 0.2) is 18.2 Å². The van der Waals surface area contributed by atoms with Gasteiger partial charge in [-0.1, -0.05) is 43.5 Å². The summed E-state index contributed by atoms with van der Waals surface area (Å²) in [5, 5.41) is 4.29. The number of aromatic nitrogens is 2. The second-order valence-electron chi connectivity index (χ2n) is 6.50. The summed E-state index contributed by atoms with van der Waals surface area (Å²) in [6.45, 7) is 7.18. The number of hydrogen-bond donors (Lipinski definition) is 1. The molecule has 0 saturated heterocycles. The fourth-order valence-electron chi connectivity index (χ4n) is 2.72. The molecule has 2 aromatic rings. The van der Waals surface area contributed by atoms with E-state index in [1.807, 2.05) is 0 Å². The van der Waals surface area contributed by atoms with Gasteiger partial charge in [0.25, 0.3) is 0 Å². The summed E-state index contributed by atoms with van der Waals surface area (Å²) in [6, 6.07) is 6.02. The summed E-state index contributed by atoms with van der Waals surface area (Å²) in [5.41, 5.74) is 9.75. The van der Waals surface area contributed by atoms with Crippen molar-refractivity contribution in [1.82, 2.24) is 9.59 Å². The summed E-state index contributed by atoms with van der Waals surface area (Å²) >= 11 is 1.39. The van der Waals surface area contributed by atoms with Crippen LogP contribution in [-0.4, -0.2) is 16.2 Å². The summed E-state index contributed by atoms with van der Waals surface area (Å²) in [5.74, 6) is 0.963. The molecule has 1 aliphatic rings. The number of nitrogens with zero attached hydrogens (tertiary/aromatic N) is 2. The van der Waals surface area contributed by atoms with Crippen molar-refractivity contribution in [3.8, 4) is 5.75 Å². The maximum Gasteiger partial charge on any atom is 0.127 e.